The first-order valence-corrected chi connectivity index (χ1v) is 24.6. The Kier molecular flexibility index (Phi) is 9.47. The molecule has 0 amide bonds. The van der Waals surface area contributed by atoms with Crippen molar-refractivity contribution in [3.05, 3.63) is 301 Å². The normalized spacial score (nSPS) is 14.0. The molecule has 1 aromatic heterocycles. The molecule has 2 nitrogen and oxygen atoms in total. The monoisotopic (exact) mass is 902 g/mol. The number of nitrogens with zero attached hydrogens (tertiary/aromatic N) is 2. The van der Waals surface area contributed by atoms with Gasteiger partial charge in [-0.2, -0.15) is 0 Å². The van der Waals surface area contributed by atoms with Crippen LogP contribution in [-0.2, 0) is 5.41 Å². The zero-order valence-electron chi connectivity index (χ0n) is 39.0. The molecule has 1 aliphatic rings. The average Bonchev–Trinajstić information content (AvgIpc) is 3.94. The van der Waals surface area contributed by atoms with Crippen molar-refractivity contribution >= 4 is 60.4 Å². The van der Waals surface area contributed by atoms with Crippen LogP contribution in [0.3, 0.4) is 0 Å². The van der Waals surface area contributed by atoms with Gasteiger partial charge in [0.15, 0.2) is 0 Å². The summed E-state index contributed by atoms with van der Waals surface area (Å²) in [5, 5.41) is 7.26. The lowest BCUT2D eigenvalue weighted by Gasteiger charge is -2.35. The molecule has 0 spiro atoms. The molecule has 71 heavy (non-hydrogen) atoms. The molecule has 0 saturated carbocycles. The van der Waals surface area contributed by atoms with Crippen molar-refractivity contribution in [1.29, 1.82) is 0 Å². The van der Waals surface area contributed by atoms with Gasteiger partial charge in [0.2, 0.25) is 0 Å². The average molecular weight is 903 g/mol. The number of anilines is 3. The summed E-state index contributed by atoms with van der Waals surface area (Å²) in [6.07, 6.45) is 0. The van der Waals surface area contributed by atoms with Crippen LogP contribution in [0.25, 0.3) is 82.4 Å². The van der Waals surface area contributed by atoms with Crippen LogP contribution < -0.4 is 4.90 Å². The highest BCUT2D eigenvalue weighted by molar-refractivity contribution is 6.19. The molecule has 332 valence electrons. The Morgan fingerprint density at radius 3 is 1.65 bits per heavy atom. The number of fused-ring (bicyclic) bond motifs is 9. The molecule has 1 aliphatic carbocycles. The summed E-state index contributed by atoms with van der Waals surface area (Å²) in [5.74, 6) is 0. The fourth-order valence-corrected chi connectivity index (χ4v) is 11.9. The molecular formula is C69H46N2. The van der Waals surface area contributed by atoms with Crippen LogP contribution in [0, 0.1) is 0 Å². The van der Waals surface area contributed by atoms with E-state index in [1.54, 1.807) is 0 Å². The van der Waals surface area contributed by atoms with E-state index >= 15 is 0 Å². The Bertz CT molecular complexity index is 4150. The number of rotatable bonds is 8. The van der Waals surface area contributed by atoms with Crippen LogP contribution in [0.1, 0.15) is 22.3 Å². The molecule has 13 aromatic rings. The number of para-hydroxylation sites is 1. The summed E-state index contributed by atoms with van der Waals surface area (Å²) in [6, 6.07) is 103. The molecular weight excluding hydrogens is 857 g/mol. The first-order chi connectivity index (χ1) is 35.2. The topological polar surface area (TPSA) is 8.17 Å². The Morgan fingerprint density at radius 1 is 0.310 bits per heavy atom. The van der Waals surface area contributed by atoms with E-state index in [4.69, 9.17) is 0 Å². The Balaban J connectivity index is 1.05. The summed E-state index contributed by atoms with van der Waals surface area (Å²) in [5.41, 5.74) is 18.5. The maximum atomic E-state index is 2.53. The van der Waals surface area contributed by atoms with Crippen LogP contribution in [0.15, 0.2) is 279 Å². The number of benzene rings is 12. The molecule has 1 unspecified atom stereocenters. The van der Waals surface area contributed by atoms with E-state index in [-0.39, 0.29) is 0 Å². The van der Waals surface area contributed by atoms with Gasteiger partial charge in [-0.05, 0) is 97.2 Å². The molecule has 1 heterocycles. The zero-order chi connectivity index (χ0) is 46.9. The van der Waals surface area contributed by atoms with Gasteiger partial charge in [0.05, 0.1) is 27.8 Å². The molecule has 14 rings (SSSR count). The van der Waals surface area contributed by atoms with Crippen LogP contribution in [0.4, 0.5) is 17.1 Å². The fourth-order valence-electron chi connectivity index (χ4n) is 11.9. The van der Waals surface area contributed by atoms with Crippen LogP contribution in [-0.4, -0.2) is 4.57 Å². The van der Waals surface area contributed by atoms with Gasteiger partial charge in [0.25, 0.3) is 0 Å². The molecule has 0 radical (unpaired) electrons. The Labute approximate surface area is 413 Å². The quantitative estimate of drug-likeness (QED) is 0.147. The fraction of sp³-hybridized carbons (Fsp3) is 0.0145. The highest BCUT2D eigenvalue weighted by Crippen LogP contribution is 2.58. The molecule has 2 heteroatoms. The van der Waals surface area contributed by atoms with Gasteiger partial charge in [-0.25, -0.2) is 0 Å². The van der Waals surface area contributed by atoms with Crippen LogP contribution >= 0.6 is 0 Å². The standard InChI is InChI=1S/C69H46N2/c1-4-19-47(20-5-1)48-35-38-53(39-36-48)69(52-26-8-3-9-27-52)63-32-16-14-31-59(63)60-43-40-54(45-64(60)69)70(65-34-18-25-50-23-10-12-28-56(50)65)55-41-44-61-62-42-37-51-24-11-13-30-58(51)68(62)71(67(61)46-55)66-33-17-15-29-57(66)49-21-6-2-7-22-49/h1-46H. The highest BCUT2D eigenvalue weighted by Gasteiger charge is 2.46. The van der Waals surface area contributed by atoms with Crippen molar-refractivity contribution in [2.75, 3.05) is 4.90 Å². The summed E-state index contributed by atoms with van der Waals surface area (Å²) < 4.78 is 2.53. The van der Waals surface area contributed by atoms with E-state index in [2.05, 4.69) is 289 Å². The second kappa shape index (κ2) is 16.5. The third kappa shape index (κ3) is 6.35. The van der Waals surface area contributed by atoms with Gasteiger partial charge in [0, 0.05) is 38.5 Å². The van der Waals surface area contributed by atoms with Gasteiger partial charge in [-0.1, -0.05) is 243 Å². The Morgan fingerprint density at radius 2 is 0.859 bits per heavy atom. The lowest BCUT2D eigenvalue weighted by Crippen LogP contribution is -2.28. The van der Waals surface area contributed by atoms with Gasteiger partial charge < -0.3 is 9.47 Å². The lowest BCUT2D eigenvalue weighted by atomic mass is 9.67. The Hall–Kier alpha value is -9.24. The van der Waals surface area contributed by atoms with Gasteiger partial charge in [-0.3, -0.25) is 0 Å². The van der Waals surface area contributed by atoms with E-state index in [0.29, 0.717) is 0 Å². The number of hydrogen-bond acceptors (Lipinski definition) is 1. The van der Waals surface area contributed by atoms with Gasteiger partial charge in [-0.15, -0.1) is 0 Å². The maximum absolute atomic E-state index is 2.53. The first kappa shape index (κ1) is 40.8. The van der Waals surface area contributed by atoms with E-state index in [9.17, 15) is 0 Å². The van der Waals surface area contributed by atoms with Crippen molar-refractivity contribution in [1.82, 2.24) is 4.57 Å². The lowest BCUT2D eigenvalue weighted by molar-refractivity contribution is 0.768. The van der Waals surface area contributed by atoms with Gasteiger partial charge in [0.1, 0.15) is 0 Å². The molecule has 0 aliphatic heterocycles. The van der Waals surface area contributed by atoms with Crippen molar-refractivity contribution in [3.63, 3.8) is 0 Å². The van der Waals surface area contributed by atoms with E-state index in [0.717, 1.165) is 28.3 Å². The van der Waals surface area contributed by atoms with Crippen LogP contribution in [0.2, 0.25) is 0 Å². The number of aromatic nitrogens is 1. The van der Waals surface area contributed by atoms with Crippen molar-refractivity contribution in [3.8, 4) is 39.1 Å². The van der Waals surface area contributed by atoms with Gasteiger partial charge >= 0.3 is 0 Å². The zero-order valence-corrected chi connectivity index (χ0v) is 39.0. The molecule has 12 aromatic carbocycles. The summed E-state index contributed by atoms with van der Waals surface area (Å²) >= 11 is 0. The molecule has 0 N–H and O–H groups in total. The third-order valence-electron chi connectivity index (χ3n) is 15.1. The molecule has 0 fully saturated rings. The predicted octanol–water partition coefficient (Wildman–Crippen LogP) is 18.3. The second-order valence-electron chi connectivity index (χ2n) is 18.8. The third-order valence-corrected chi connectivity index (χ3v) is 15.1. The first-order valence-electron chi connectivity index (χ1n) is 24.6. The second-order valence-corrected chi connectivity index (χ2v) is 18.8. The number of hydrogen-bond donors (Lipinski definition) is 0. The van der Waals surface area contributed by atoms with Crippen molar-refractivity contribution < 1.29 is 0 Å². The highest BCUT2D eigenvalue weighted by atomic mass is 15.1. The van der Waals surface area contributed by atoms with Crippen molar-refractivity contribution in [2.24, 2.45) is 0 Å². The minimum atomic E-state index is -0.596. The van der Waals surface area contributed by atoms with Crippen LogP contribution in [0.5, 0.6) is 0 Å². The van der Waals surface area contributed by atoms with Crippen molar-refractivity contribution in [2.45, 2.75) is 5.41 Å². The van der Waals surface area contributed by atoms with E-state index in [1.807, 2.05) is 0 Å². The minimum absolute atomic E-state index is 0.596. The van der Waals surface area contributed by atoms with E-state index in [1.165, 1.54) is 93.5 Å². The predicted molar refractivity (Wildman–Crippen MR) is 299 cm³/mol. The molecule has 0 saturated heterocycles. The largest absolute Gasteiger partial charge is 0.310 e. The summed E-state index contributed by atoms with van der Waals surface area (Å²) in [6.45, 7) is 0. The molecule has 0 bridgehead atoms. The summed E-state index contributed by atoms with van der Waals surface area (Å²) in [4.78, 5) is 2.50. The minimum Gasteiger partial charge on any atom is -0.310 e. The van der Waals surface area contributed by atoms with E-state index < -0.39 is 5.41 Å². The molecule has 1 atom stereocenters. The SMILES string of the molecule is c1ccc(-c2ccc(C3(c4ccccc4)c4ccccc4-c4ccc(N(c5ccc6c7ccc8ccccc8c7n(-c7ccccc7-c7ccccc7)c6c5)c5cccc6ccccc56)cc43)cc2)cc1. The summed E-state index contributed by atoms with van der Waals surface area (Å²) in [7, 11) is 0. The maximum Gasteiger partial charge on any atom is 0.0714 e. The smallest absolute Gasteiger partial charge is 0.0714 e.